The molecule has 0 radical (unpaired) electrons. The van der Waals surface area contributed by atoms with Crippen LogP contribution in [0.4, 0.5) is 4.39 Å². The summed E-state index contributed by atoms with van der Waals surface area (Å²) in [5, 5.41) is 2.54. The number of hydrogen-bond acceptors (Lipinski definition) is 1. The van der Waals surface area contributed by atoms with Crippen molar-refractivity contribution in [2.24, 2.45) is 5.73 Å². The molecule has 100 valence electrons. The lowest BCUT2D eigenvalue weighted by Crippen LogP contribution is -1.97. The summed E-state index contributed by atoms with van der Waals surface area (Å²) in [5.41, 5.74) is 7.72. The second-order valence-electron chi connectivity index (χ2n) is 4.66. The maximum absolute atomic E-state index is 14.3. The number of rotatable bonds is 2. The summed E-state index contributed by atoms with van der Waals surface area (Å²) in [6.07, 6.45) is 0. The van der Waals surface area contributed by atoms with E-state index in [-0.39, 0.29) is 5.82 Å². The van der Waals surface area contributed by atoms with Crippen LogP contribution in [0, 0.1) is 5.82 Å². The molecule has 0 aliphatic heterocycles. The third-order valence-corrected chi connectivity index (χ3v) is 3.76. The van der Waals surface area contributed by atoms with E-state index in [0.29, 0.717) is 17.1 Å². The summed E-state index contributed by atoms with van der Waals surface area (Å²) in [6, 6.07) is 16.5. The van der Waals surface area contributed by atoms with E-state index >= 15 is 0 Å². The maximum Gasteiger partial charge on any atom is 0.131 e. The van der Waals surface area contributed by atoms with Gasteiger partial charge in [-0.2, -0.15) is 0 Å². The van der Waals surface area contributed by atoms with Crippen LogP contribution in [0.25, 0.3) is 21.9 Å². The van der Waals surface area contributed by atoms with Crippen LogP contribution in [0.2, 0.25) is 5.02 Å². The Balaban J connectivity index is 2.27. The van der Waals surface area contributed by atoms with Gasteiger partial charge in [0, 0.05) is 22.5 Å². The van der Waals surface area contributed by atoms with Gasteiger partial charge >= 0.3 is 0 Å². The van der Waals surface area contributed by atoms with Gasteiger partial charge < -0.3 is 5.73 Å². The Bertz CT molecular complexity index is 783. The quantitative estimate of drug-likeness (QED) is 0.722. The first kappa shape index (κ1) is 13.1. The lowest BCUT2D eigenvalue weighted by Gasteiger charge is -2.10. The minimum Gasteiger partial charge on any atom is -0.326 e. The predicted molar refractivity (Wildman–Crippen MR) is 82.2 cm³/mol. The van der Waals surface area contributed by atoms with Gasteiger partial charge in [-0.15, -0.1) is 0 Å². The van der Waals surface area contributed by atoms with Gasteiger partial charge in [-0.1, -0.05) is 54.1 Å². The van der Waals surface area contributed by atoms with Crippen LogP contribution >= 0.6 is 11.6 Å². The Labute approximate surface area is 121 Å². The number of hydrogen-bond donors (Lipinski definition) is 1. The fraction of sp³-hybridized carbons (Fsp3) is 0.0588. The lowest BCUT2D eigenvalue weighted by atomic mass is 9.97. The SMILES string of the molecule is NCc1ccc(-c2ccc(Cl)c3ccccc23)c(F)c1. The first-order valence-electron chi connectivity index (χ1n) is 6.37. The summed E-state index contributed by atoms with van der Waals surface area (Å²) in [7, 11) is 0. The lowest BCUT2D eigenvalue weighted by molar-refractivity contribution is 0.629. The van der Waals surface area contributed by atoms with Gasteiger partial charge in [0.25, 0.3) is 0 Å². The van der Waals surface area contributed by atoms with E-state index in [0.717, 1.165) is 21.9 Å². The number of nitrogens with two attached hydrogens (primary N) is 1. The standard InChI is InChI=1S/C17H13ClFN/c18-16-8-7-13(12-3-1-2-4-14(12)16)15-6-5-11(10-20)9-17(15)19/h1-9H,10,20H2. The first-order chi connectivity index (χ1) is 9.70. The van der Waals surface area contributed by atoms with E-state index in [4.69, 9.17) is 17.3 Å². The van der Waals surface area contributed by atoms with E-state index in [2.05, 4.69) is 0 Å². The Morgan fingerprint density at radius 3 is 2.30 bits per heavy atom. The van der Waals surface area contributed by atoms with Gasteiger partial charge in [0.15, 0.2) is 0 Å². The molecular weight excluding hydrogens is 273 g/mol. The fourth-order valence-electron chi connectivity index (χ4n) is 2.40. The Morgan fingerprint density at radius 2 is 1.60 bits per heavy atom. The molecule has 0 amide bonds. The molecule has 0 bridgehead atoms. The molecule has 3 aromatic carbocycles. The molecule has 3 rings (SSSR count). The molecule has 0 atom stereocenters. The van der Waals surface area contributed by atoms with E-state index in [1.54, 1.807) is 12.1 Å². The molecule has 0 saturated carbocycles. The molecule has 20 heavy (non-hydrogen) atoms. The molecule has 2 N–H and O–H groups in total. The number of fused-ring (bicyclic) bond motifs is 1. The topological polar surface area (TPSA) is 26.0 Å². The average molecular weight is 286 g/mol. The van der Waals surface area contributed by atoms with Gasteiger partial charge in [-0.05, 0) is 28.6 Å². The first-order valence-corrected chi connectivity index (χ1v) is 6.74. The van der Waals surface area contributed by atoms with Crippen molar-refractivity contribution in [2.75, 3.05) is 0 Å². The zero-order chi connectivity index (χ0) is 14.1. The van der Waals surface area contributed by atoms with Crippen molar-refractivity contribution in [1.29, 1.82) is 0 Å². The highest BCUT2D eigenvalue weighted by atomic mass is 35.5. The van der Waals surface area contributed by atoms with Crippen LogP contribution in [0.3, 0.4) is 0 Å². The Morgan fingerprint density at radius 1 is 0.900 bits per heavy atom. The van der Waals surface area contributed by atoms with Gasteiger partial charge in [0.05, 0.1) is 0 Å². The van der Waals surface area contributed by atoms with E-state index < -0.39 is 0 Å². The molecule has 0 unspecified atom stereocenters. The Kier molecular flexibility index (Phi) is 3.43. The van der Waals surface area contributed by atoms with Gasteiger partial charge in [0.1, 0.15) is 5.82 Å². The monoisotopic (exact) mass is 285 g/mol. The van der Waals surface area contributed by atoms with Crippen LogP contribution in [-0.4, -0.2) is 0 Å². The van der Waals surface area contributed by atoms with E-state index in [1.807, 2.05) is 36.4 Å². The van der Waals surface area contributed by atoms with Crippen molar-refractivity contribution in [3.63, 3.8) is 0 Å². The summed E-state index contributed by atoms with van der Waals surface area (Å²) in [5.74, 6) is -0.263. The molecule has 0 aliphatic carbocycles. The van der Waals surface area contributed by atoms with Gasteiger partial charge in [-0.3, -0.25) is 0 Å². The summed E-state index contributed by atoms with van der Waals surface area (Å²) < 4.78 is 14.3. The van der Waals surface area contributed by atoms with E-state index in [1.165, 1.54) is 6.07 Å². The molecule has 0 aromatic heterocycles. The predicted octanol–water partition coefficient (Wildman–Crippen LogP) is 4.76. The molecular formula is C17H13ClFN. The van der Waals surface area contributed by atoms with E-state index in [9.17, 15) is 4.39 Å². The molecule has 3 heteroatoms. The molecule has 0 heterocycles. The summed E-state index contributed by atoms with van der Waals surface area (Å²) in [4.78, 5) is 0. The van der Waals surface area contributed by atoms with Crippen LogP contribution < -0.4 is 5.73 Å². The van der Waals surface area contributed by atoms with Crippen LogP contribution in [-0.2, 0) is 6.54 Å². The normalized spacial score (nSPS) is 10.9. The molecule has 3 aromatic rings. The average Bonchev–Trinajstić information content (AvgIpc) is 2.48. The highest BCUT2D eigenvalue weighted by Crippen LogP contribution is 2.34. The summed E-state index contributed by atoms with van der Waals surface area (Å²) >= 11 is 6.19. The minimum atomic E-state index is -0.263. The van der Waals surface area contributed by atoms with Crippen LogP contribution in [0.5, 0.6) is 0 Å². The second-order valence-corrected chi connectivity index (χ2v) is 5.07. The van der Waals surface area contributed by atoms with Crippen molar-refractivity contribution < 1.29 is 4.39 Å². The summed E-state index contributed by atoms with van der Waals surface area (Å²) in [6.45, 7) is 0.332. The third kappa shape index (κ3) is 2.17. The largest absolute Gasteiger partial charge is 0.326 e. The highest BCUT2D eigenvalue weighted by molar-refractivity contribution is 6.36. The molecule has 0 spiro atoms. The van der Waals surface area contributed by atoms with Crippen LogP contribution in [0.15, 0.2) is 54.6 Å². The Hall–Kier alpha value is -1.90. The third-order valence-electron chi connectivity index (χ3n) is 3.43. The highest BCUT2D eigenvalue weighted by Gasteiger charge is 2.10. The molecule has 0 saturated heterocycles. The van der Waals surface area contributed by atoms with Crippen molar-refractivity contribution in [2.45, 2.75) is 6.54 Å². The van der Waals surface area contributed by atoms with Crippen molar-refractivity contribution >= 4 is 22.4 Å². The minimum absolute atomic E-state index is 0.263. The van der Waals surface area contributed by atoms with Crippen LogP contribution in [0.1, 0.15) is 5.56 Å². The van der Waals surface area contributed by atoms with Crippen molar-refractivity contribution in [3.8, 4) is 11.1 Å². The number of halogens is 2. The zero-order valence-electron chi connectivity index (χ0n) is 10.7. The zero-order valence-corrected chi connectivity index (χ0v) is 11.5. The molecule has 1 nitrogen and oxygen atoms in total. The molecule has 0 fully saturated rings. The second kappa shape index (κ2) is 5.23. The van der Waals surface area contributed by atoms with Crippen molar-refractivity contribution in [3.05, 3.63) is 71.0 Å². The fourth-order valence-corrected chi connectivity index (χ4v) is 2.63. The molecule has 0 aliphatic rings. The van der Waals surface area contributed by atoms with Gasteiger partial charge in [0.2, 0.25) is 0 Å². The number of benzene rings is 3. The smallest absolute Gasteiger partial charge is 0.131 e. The van der Waals surface area contributed by atoms with Gasteiger partial charge in [-0.25, -0.2) is 4.39 Å². The van der Waals surface area contributed by atoms with Crippen molar-refractivity contribution in [1.82, 2.24) is 0 Å². The maximum atomic E-state index is 14.3.